The molecule has 1 N–H and O–H groups in total. The van der Waals surface area contributed by atoms with Crippen LogP contribution in [0.3, 0.4) is 0 Å². The Labute approximate surface area is 243 Å². The van der Waals surface area contributed by atoms with E-state index in [4.69, 9.17) is 9.73 Å². The number of H-pyrrole nitrogens is 1. The van der Waals surface area contributed by atoms with Gasteiger partial charge in [0, 0.05) is 49.5 Å². The number of benzene rings is 2. The number of halogens is 1. The number of thiophene rings is 1. The summed E-state index contributed by atoms with van der Waals surface area (Å²) in [4.78, 5) is 18.8. The van der Waals surface area contributed by atoms with Crippen molar-refractivity contribution >= 4 is 50.5 Å². The summed E-state index contributed by atoms with van der Waals surface area (Å²) in [6.45, 7) is 1.28. The molecule has 0 spiro atoms. The van der Waals surface area contributed by atoms with Crippen LogP contribution in [0.4, 0.5) is 0 Å². The second-order valence-electron chi connectivity index (χ2n) is 9.46. The van der Waals surface area contributed by atoms with Crippen LogP contribution >= 0.6 is 33.9 Å². The van der Waals surface area contributed by atoms with Gasteiger partial charge < -0.3 is 9.72 Å². The van der Waals surface area contributed by atoms with E-state index in [0.29, 0.717) is 6.61 Å². The van der Waals surface area contributed by atoms with Crippen molar-refractivity contribution < 1.29 is 4.74 Å². The molecular weight excluding hydrogens is 615 g/mol. The number of pyridine rings is 2. The average molecular weight is 639 g/mol. The van der Waals surface area contributed by atoms with E-state index in [0.717, 1.165) is 68.8 Å². The van der Waals surface area contributed by atoms with Gasteiger partial charge in [-0.1, -0.05) is 36.4 Å². The Hall–Kier alpha value is -3.82. The number of aromatic amines is 1. The molecule has 0 amide bonds. The number of aliphatic imine (C=N–C) groups is 1. The smallest absolute Gasteiger partial charge is 0.138 e. The molecule has 0 fully saturated rings. The molecule has 190 valence electrons. The fourth-order valence-corrected chi connectivity index (χ4v) is 6.65. The molecule has 1 aliphatic heterocycles. The number of hydrogen-bond acceptors (Lipinski definition) is 5. The Kier molecular flexibility index (Phi) is 6.46. The Morgan fingerprint density at radius 1 is 0.872 bits per heavy atom. The standard InChI is InChI=1S/C32H23IN4OS/c33-28-12-21-8-9-36-32(29-14-26-27(31-7-4-10-39-31)17-35-18-30(26)37-29)25(21)13-24(28)22-11-23(16-34-15-22)38-19-20-5-2-1-3-6-20/h1-7,10-18,37H,8-9,19H2. The van der Waals surface area contributed by atoms with Crippen LogP contribution in [0.25, 0.3) is 32.5 Å². The van der Waals surface area contributed by atoms with E-state index in [2.05, 4.69) is 91.5 Å². The topological polar surface area (TPSA) is 63.2 Å². The summed E-state index contributed by atoms with van der Waals surface area (Å²) in [6.07, 6.45) is 8.44. The molecule has 7 rings (SSSR count). The fraction of sp³-hybridized carbons (Fsp3) is 0.0938. The number of rotatable bonds is 6. The van der Waals surface area contributed by atoms with E-state index in [-0.39, 0.29) is 0 Å². The van der Waals surface area contributed by atoms with E-state index in [1.807, 2.05) is 36.8 Å². The van der Waals surface area contributed by atoms with Gasteiger partial charge in [0.1, 0.15) is 12.4 Å². The molecule has 2 aromatic carbocycles. The summed E-state index contributed by atoms with van der Waals surface area (Å²) in [5, 5.41) is 3.26. The van der Waals surface area contributed by atoms with Gasteiger partial charge in [-0.05, 0) is 81.4 Å². The molecule has 0 radical (unpaired) electrons. The van der Waals surface area contributed by atoms with Crippen LogP contribution in [0, 0.1) is 3.57 Å². The van der Waals surface area contributed by atoms with Gasteiger partial charge in [0.05, 0.1) is 29.3 Å². The predicted octanol–water partition coefficient (Wildman–Crippen LogP) is 7.93. The highest BCUT2D eigenvalue weighted by molar-refractivity contribution is 14.1. The van der Waals surface area contributed by atoms with Gasteiger partial charge in [0.15, 0.2) is 0 Å². The van der Waals surface area contributed by atoms with E-state index < -0.39 is 0 Å². The highest BCUT2D eigenvalue weighted by Crippen LogP contribution is 2.35. The summed E-state index contributed by atoms with van der Waals surface area (Å²) in [7, 11) is 0. The highest BCUT2D eigenvalue weighted by Gasteiger charge is 2.21. The van der Waals surface area contributed by atoms with E-state index in [9.17, 15) is 0 Å². The van der Waals surface area contributed by atoms with Crippen molar-refractivity contribution in [2.75, 3.05) is 6.54 Å². The van der Waals surface area contributed by atoms with E-state index in [1.54, 1.807) is 17.5 Å². The van der Waals surface area contributed by atoms with Crippen LogP contribution in [0.2, 0.25) is 0 Å². The molecule has 39 heavy (non-hydrogen) atoms. The summed E-state index contributed by atoms with van der Waals surface area (Å²) in [5.74, 6) is 0.753. The third kappa shape index (κ3) is 4.77. The molecule has 6 aromatic rings. The molecule has 0 aliphatic carbocycles. The average Bonchev–Trinajstić information content (AvgIpc) is 3.67. The maximum Gasteiger partial charge on any atom is 0.138 e. The summed E-state index contributed by atoms with van der Waals surface area (Å²) in [6, 6.07) is 23.2. The number of nitrogens with zero attached hydrogens (tertiary/aromatic N) is 3. The van der Waals surface area contributed by atoms with E-state index >= 15 is 0 Å². The van der Waals surface area contributed by atoms with Crippen molar-refractivity contribution in [2.24, 2.45) is 4.99 Å². The summed E-state index contributed by atoms with van der Waals surface area (Å²) in [5.41, 5.74) is 9.92. The van der Waals surface area contributed by atoms with Crippen LogP contribution in [-0.2, 0) is 13.0 Å². The van der Waals surface area contributed by atoms with Crippen molar-refractivity contribution in [1.82, 2.24) is 15.0 Å². The maximum absolute atomic E-state index is 6.07. The van der Waals surface area contributed by atoms with Crippen molar-refractivity contribution in [3.63, 3.8) is 0 Å². The molecule has 5 nitrogen and oxygen atoms in total. The van der Waals surface area contributed by atoms with Crippen molar-refractivity contribution in [3.8, 4) is 27.3 Å². The van der Waals surface area contributed by atoms with Crippen LogP contribution < -0.4 is 4.74 Å². The van der Waals surface area contributed by atoms with Gasteiger partial charge in [-0.15, -0.1) is 11.3 Å². The first kappa shape index (κ1) is 24.2. The maximum atomic E-state index is 6.07. The monoisotopic (exact) mass is 638 g/mol. The van der Waals surface area contributed by atoms with Gasteiger partial charge in [-0.2, -0.15) is 0 Å². The van der Waals surface area contributed by atoms with Crippen LogP contribution in [0.15, 0.2) is 102 Å². The Bertz CT molecular complexity index is 1830. The quantitative estimate of drug-likeness (QED) is 0.189. The normalized spacial score (nSPS) is 12.8. The van der Waals surface area contributed by atoms with Gasteiger partial charge in [-0.25, -0.2) is 0 Å². The van der Waals surface area contributed by atoms with Crippen molar-refractivity contribution in [2.45, 2.75) is 13.0 Å². The second-order valence-corrected chi connectivity index (χ2v) is 11.6. The molecule has 0 unspecified atom stereocenters. The fourth-order valence-electron chi connectivity index (χ4n) is 5.06. The van der Waals surface area contributed by atoms with Crippen molar-refractivity contribution in [1.29, 1.82) is 0 Å². The minimum atomic E-state index is 0.507. The number of fused-ring (bicyclic) bond motifs is 2. The molecular formula is C32H23IN4OS. The molecule has 1 aliphatic rings. The molecule has 0 saturated heterocycles. The summed E-state index contributed by atoms with van der Waals surface area (Å²) >= 11 is 4.16. The number of ether oxygens (including phenoxy) is 1. The highest BCUT2D eigenvalue weighted by atomic mass is 127. The first-order chi connectivity index (χ1) is 19.2. The molecule has 5 heterocycles. The summed E-state index contributed by atoms with van der Waals surface area (Å²) < 4.78 is 7.26. The first-order valence-electron chi connectivity index (χ1n) is 12.7. The lowest BCUT2D eigenvalue weighted by molar-refractivity contribution is 0.305. The van der Waals surface area contributed by atoms with Gasteiger partial charge in [0.2, 0.25) is 0 Å². The van der Waals surface area contributed by atoms with Crippen molar-refractivity contribution in [3.05, 3.63) is 123 Å². The molecule has 0 atom stereocenters. The van der Waals surface area contributed by atoms with Crippen LogP contribution in [0.5, 0.6) is 5.75 Å². The minimum Gasteiger partial charge on any atom is -0.487 e. The van der Waals surface area contributed by atoms with Crippen LogP contribution in [-0.4, -0.2) is 27.2 Å². The third-order valence-electron chi connectivity index (χ3n) is 6.96. The lowest BCUT2D eigenvalue weighted by atomic mass is 9.92. The van der Waals surface area contributed by atoms with Gasteiger partial charge in [0.25, 0.3) is 0 Å². The number of nitrogens with one attached hydrogen (secondary N) is 1. The Morgan fingerprint density at radius 3 is 2.64 bits per heavy atom. The third-order valence-corrected chi connectivity index (χ3v) is 8.75. The molecule has 4 aromatic heterocycles. The zero-order valence-electron chi connectivity index (χ0n) is 20.9. The minimum absolute atomic E-state index is 0.507. The SMILES string of the molecule is Ic1cc2c(cc1-c1cncc(OCc3ccccc3)c1)C(c1cc3c(-c4cccs4)cncc3[nH]1)=NCC2. The predicted molar refractivity (Wildman–Crippen MR) is 167 cm³/mol. The molecule has 0 bridgehead atoms. The van der Waals surface area contributed by atoms with E-state index in [1.165, 1.54) is 14.0 Å². The Morgan fingerprint density at radius 2 is 1.77 bits per heavy atom. The lowest BCUT2D eigenvalue weighted by Gasteiger charge is -2.19. The van der Waals surface area contributed by atoms with Crippen LogP contribution in [0.1, 0.15) is 22.4 Å². The number of hydrogen-bond donors (Lipinski definition) is 1. The Balaban J connectivity index is 1.25. The lowest BCUT2D eigenvalue weighted by Crippen LogP contribution is -2.15. The van der Waals surface area contributed by atoms with Gasteiger partial charge >= 0.3 is 0 Å². The zero-order valence-corrected chi connectivity index (χ0v) is 23.9. The number of aromatic nitrogens is 3. The second kappa shape index (κ2) is 10.4. The largest absolute Gasteiger partial charge is 0.487 e. The van der Waals surface area contributed by atoms with Gasteiger partial charge in [-0.3, -0.25) is 15.0 Å². The molecule has 7 heteroatoms. The molecule has 0 saturated carbocycles. The first-order valence-corrected chi connectivity index (χ1v) is 14.7. The zero-order chi connectivity index (χ0) is 26.2.